The molecule has 0 saturated heterocycles. The summed E-state index contributed by atoms with van der Waals surface area (Å²) in [6.45, 7) is 4.90. The van der Waals surface area contributed by atoms with Gasteiger partial charge in [-0.15, -0.1) is 11.8 Å². The van der Waals surface area contributed by atoms with Gasteiger partial charge in [0.05, 0.1) is 11.4 Å². The molecule has 0 bridgehead atoms. The van der Waals surface area contributed by atoms with Crippen LogP contribution in [0.1, 0.15) is 23.7 Å². The summed E-state index contributed by atoms with van der Waals surface area (Å²) in [5.74, 6) is 1.87. The van der Waals surface area contributed by atoms with Crippen molar-refractivity contribution in [1.29, 1.82) is 0 Å². The van der Waals surface area contributed by atoms with Crippen molar-refractivity contribution in [2.24, 2.45) is 0 Å². The van der Waals surface area contributed by atoms with Gasteiger partial charge in [0, 0.05) is 72.4 Å². The predicted octanol–water partition coefficient (Wildman–Crippen LogP) is 5.27. The number of fused-ring (bicyclic) bond motifs is 1. The van der Waals surface area contributed by atoms with E-state index in [0.29, 0.717) is 0 Å². The second kappa shape index (κ2) is 9.59. The smallest absolute Gasteiger partial charge is 0.159 e. The number of thioether (sulfide) groups is 1. The second-order valence-electron chi connectivity index (χ2n) is 7.87. The monoisotopic (exact) mass is 439 g/mol. The quantitative estimate of drug-likeness (QED) is 0.382. The first-order valence-corrected chi connectivity index (χ1v) is 11.9. The molecule has 0 amide bonds. The summed E-state index contributed by atoms with van der Waals surface area (Å²) in [6.07, 6.45) is 8.47. The average Bonchev–Trinajstić information content (AvgIpc) is 2.85. The van der Waals surface area contributed by atoms with Crippen molar-refractivity contribution >= 4 is 11.8 Å². The maximum atomic E-state index is 4.81. The molecule has 0 spiro atoms. The van der Waals surface area contributed by atoms with E-state index in [4.69, 9.17) is 9.97 Å². The number of hydrogen-bond donors (Lipinski definition) is 0. The zero-order valence-corrected chi connectivity index (χ0v) is 18.9. The molecular weight excluding hydrogens is 414 g/mol. The van der Waals surface area contributed by atoms with Crippen molar-refractivity contribution in [2.45, 2.75) is 31.3 Å². The molecule has 0 atom stereocenters. The number of hydrogen-bond acceptors (Lipinski definition) is 6. The molecule has 1 aliphatic rings. The van der Waals surface area contributed by atoms with Crippen LogP contribution >= 0.6 is 11.8 Å². The van der Waals surface area contributed by atoms with E-state index in [2.05, 4.69) is 58.2 Å². The number of benzene rings is 1. The Kier molecular flexibility index (Phi) is 6.23. The summed E-state index contributed by atoms with van der Waals surface area (Å²) in [6, 6.07) is 16.9. The predicted molar refractivity (Wildman–Crippen MR) is 129 cm³/mol. The van der Waals surface area contributed by atoms with Crippen molar-refractivity contribution in [3.05, 3.63) is 90.1 Å². The molecule has 3 aromatic heterocycles. The van der Waals surface area contributed by atoms with Gasteiger partial charge >= 0.3 is 0 Å². The first-order chi connectivity index (χ1) is 15.8. The standard InChI is InChI=1S/C26H25N5S/c1-2-32-23-6-4-20(5-7-23)24-8-3-19(15-28-24)17-31-14-11-25-22(18-31)16-29-26(30-25)21-9-12-27-13-10-21/h3-10,12-13,15-16H,2,11,14,17-18H2,1H3. The van der Waals surface area contributed by atoms with Crippen LogP contribution in [0.25, 0.3) is 22.6 Å². The fraction of sp³-hybridized carbons (Fsp3) is 0.231. The Morgan fingerprint density at radius 3 is 2.50 bits per heavy atom. The van der Waals surface area contributed by atoms with E-state index < -0.39 is 0 Å². The third kappa shape index (κ3) is 4.71. The van der Waals surface area contributed by atoms with Gasteiger partial charge in [-0.25, -0.2) is 9.97 Å². The minimum atomic E-state index is 0.778. The fourth-order valence-corrected chi connectivity index (χ4v) is 4.65. The third-order valence-corrected chi connectivity index (χ3v) is 6.54. The Bertz CT molecular complexity index is 1180. The van der Waals surface area contributed by atoms with E-state index in [-0.39, 0.29) is 0 Å². The minimum absolute atomic E-state index is 0.778. The van der Waals surface area contributed by atoms with Crippen LogP contribution in [0.3, 0.4) is 0 Å². The summed E-state index contributed by atoms with van der Waals surface area (Å²) in [5.41, 5.74) is 6.78. The molecular formula is C26H25N5S. The molecule has 0 unspecified atom stereocenters. The topological polar surface area (TPSA) is 54.8 Å². The highest BCUT2D eigenvalue weighted by Crippen LogP contribution is 2.24. The summed E-state index contributed by atoms with van der Waals surface area (Å²) in [4.78, 5) is 21.9. The lowest BCUT2D eigenvalue weighted by Crippen LogP contribution is -2.31. The van der Waals surface area contributed by atoms with Crippen molar-refractivity contribution in [3.63, 3.8) is 0 Å². The molecule has 1 aromatic carbocycles. The maximum Gasteiger partial charge on any atom is 0.159 e. The Hall–Kier alpha value is -3.09. The van der Waals surface area contributed by atoms with E-state index in [1.807, 2.05) is 36.3 Å². The fourth-order valence-electron chi connectivity index (χ4n) is 3.99. The maximum absolute atomic E-state index is 4.81. The highest BCUT2D eigenvalue weighted by atomic mass is 32.2. The summed E-state index contributed by atoms with van der Waals surface area (Å²) in [5, 5.41) is 0. The van der Waals surface area contributed by atoms with E-state index >= 15 is 0 Å². The van der Waals surface area contributed by atoms with Crippen LogP contribution in [-0.4, -0.2) is 37.1 Å². The van der Waals surface area contributed by atoms with E-state index in [0.717, 1.165) is 60.1 Å². The minimum Gasteiger partial charge on any atom is -0.294 e. The van der Waals surface area contributed by atoms with Gasteiger partial charge in [-0.05, 0) is 41.6 Å². The summed E-state index contributed by atoms with van der Waals surface area (Å²) in [7, 11) is 0. The molecule has 32 heavy (non-hydrogen) atoms. The highest BCUT2D eigenvalue weighted by Gasteiger charge is 2.19. The number of pyridine rings is 2. The summed E-state index contributed by atoms with van der Waals surface area (Å²) >= 11 is 1.86. The molecule has 1 aliphatic heterocycles. The van der Waals surface area contributed by atoms with Crippen LogP contribution in [-0.2, 0) is 19.5 Å². The molecule has 160 valence electrons. The SMILES string of the molecule is CCSc1ccc(-c2ccc(CN3CCc4nc(-c5ccncc5)ncc4C3)cn2)cc1. The molecule has 5 nitrogen and oxygen atoms in total. The molecule has 4 aromatic rings. The Balaban J connectivity index is 1.24. The lowest BCUT2D eigenvalue weighted by atomic mass is 10.1. The zero-order chi connectivity index (χ0) is 21.8. The lowest BCUT2D eigenvalue weighted by molar-refractivity contribution is 0.242. The molecule has 0 radical (unpaired) electrons. The van der Waals surface area contributed by atoms with Gasteiger partial charge in [0.1, 0.15) is 0 Å². The van der Waals surface area contributed by atoms with Crippen LogP contribution in [0.5, 0.6) is 0 Å². The van der Waals surface area contributed by atoms with Crippen molar-refractivity contribution in [2.75, 3.05) is 12.3 Å². The first-order valence-electron chi connectivity index (χ1n) is 10.9. The van der Waals surface area contributed by atoms with Gasteiger partial charge in [0.2, 0.25) is 0 Å². The van der Waals surface area contributed by atoms with Gasteiger partial charge in [-0.2, -0.15) is 0 Å². The molecule has 0 N–H and O–H groups in total. The van der Waals surface area contributed by atoms with Gasteiger partial charge in [0.25, 0.3) is 0 Å². The largest absolute Gasteiger partial charge is 0.294 e. The van der Waals surface area contributed by atoms with E-state index in [1.54, 1.807) is 12.4 Å². The van der Waals surface area contributed by atoms with Gasteiger partial charge < -0.3 is 0 Å². The van der Waals surface area contributed by atoms with E-state index in [9.17, 15) is 0 Å². The molecule has 4 heterocycles. The molecule has 0 saturated carbocycles. The molecule has 5 rings (SSSR count). The zero-order valence-electron chi connectivity index (χ0n) is 18.1. The van der Waals surface area contributed by atoms with Crippen molar-refractivity contribution in [1.82, 2.24) is 24.8 Å². The van der Waals surface area contributed by atoms with E-state index in [1.165, 1.54) is 16.0 Å². The first kappa shape index (κ1) is 20.8. The Morgan fingerprint density at radius 1 is 0.906 bits per heavy atom. The average molecular weight is 440 g/mol. The number of rotatable bonds is 6. The molecule has 0 aliphatic carbocycles. The van der Waals surface area contributed by atoms with Gasteiger partial charge in [0.15, 0.2) is 5.82 Å². The van der Waals surface area contributed by atoms with Crippen molar-refractivity contribution in [3.8, 4) is 22.6 Å². The Morgan fingerprint density at radius 2 is 1.75 bits per heavy atom. The van der Waals surface area contributed by atoms with Crippen LogP contribution in [0, 0.1) is 0 Å². The Labute approximate surface area is 193 Å². The van der Waals surface area contributed by atoms with Gasteiger partial charge in [-0.3, -0.25) is 14.9 Å². The van der Waals surface area contributed by atoms with Crippen LogP contribution in [0.15, 0.2) is 78.2 Å². The number of aromatic nitrogens is 4. The lowest BCUT2D eigenvalue weighted by Gasteiger charge is -2.28. The molecule has 6 heteroatoms. The van der Waals surface area contributed by atoms with Gasteiger partial charge in [-0.1, -0.05) is 25.1 Å². The summed E-state index contributed by atoms with van der Waals surface area (Å²) < 4.78 is 0. The highest BCUT2D eigenvalue weighted by molar-refractivity contribution is 7.99. The molecule has 0 fully saturated rings. The van der Waals surface area contributed by atoms with Crippen LogP contribution in [0.4, 0.5) is 0 Å². The van der Waals surface area contributed by atoms with Crippen LogP contribution in [0.2, 0.25) is 0 Å². The van der Waals surface area contributed by atoms with Crippen molar-refractivity contribution < 1.29 is 0 Å². The second-order valence-corrected chi connectivity index (χ2v) is 9.21. The van der Waals surface area contributed by atoms with Crippen LogP contribution < -0.4 is 0 Å². The number of nitrogens with zero attached hydrogens (tertiary/aromatic N) is 5. The normalized spacial score (nSPS) is 13.7. The third-order valence-electron chi connectivity index (χ3n) is 5.64.